The number of carbonyl (C=O) groups excluding carboxylic acids is 2. The van der Waals surface area contributed by atoms with E-state index in [0.29, 0.717) is 6.54 Å². The van der Waals surface area contributed by atoms with E-state index in [-0.39, 0.29) is 18.4 Å². The number of hydrogen-bond donors (Lipinski definition) is 2. The van der Waals surface area contributed by atoms with Crippen LogP contribution >= 0.6 is 11.3 Å². The second kappa shape index (κ2) is 9.82. The number of rotatable bonds is 7. The average molecular weight is 401 g/mol. The van der Waals surface area contributed by atoms with Crippen molar-refractivity contribution in [2.75, 3.05) is 44.6 Å². The predicted molar refractivity (Wildman–Crippen MR) is 114 cm³/mol. The van der Waals surface area contributed by atoms with E-state index >= 15 is 0 Å². The Morgan fingerprint density at radius 1 is 1.00 bits per heavy atom. The van der Waals surface area contributed by atoms with Crippen molar-refractivity contribution >= 4 is 28.8 Å². The number of thiophene rings is 1. The lowest BCUT2D eigenvalue weighted by molar-refractivity contribution is -0.125. The lowest BCUT2D eigenvalue weighted by atomic mass is 10.1. The van der Waals surface area contributed by atoms with Gasteiger partial charge >= 0.3 is 0 Å². The number of nitrogens with one attached hydrogen (secondary N) is 2. The predicted octanol–water partition coefficient (Wildman–Crippen LogP) is 2.24. The molecule has 0 radical (unpaired) electrons. The van der Waals surface area contributed by atoms with E-state index in [1.165, 1.54) is 4.88 Å². The molecule has 1 aliphatic heterocycles. The van der Waals surface area contributed by atoms with Gasteiger partial charge in [-0.15, -0.1) is 11.3 Å². The van der Waals surface area contributed by atoms with Crippen LogP contribution < -0.4 is 10.6 Å². The second-order valence-corrected chi connectivity index (χ2v) is 8.24. The van der Waals surface area contributed by atoms with Gasteiger partial charge in [-0.05, 0) is 42.5 Å². The molecule has 2 heterocycles. The molecule has 28 heavy (non-hydrogen) atoms. The first kappa shape index (κ1) is 20.5. The molecule has 0 aliphatic carbocycles. The van der Waals surface area contributed by atoms with E-state index in [0.717, 1.165) is 49.5 Å². The average Bonchev–Trinajstić information content (AvgIpc) is 3.18. The first-order valence-electron chi connectivity index (χ1n) is 9.61. The van der Waals surface area contributed by atoms with Crippen LogP contribution in [0.1, 0.15) is 16.0 Å². The molecule has 150 valence electrons. The fraction of sp³-hybridized carbons (Fsp3) is 0.429. The monoisotopic (exact) mass is 400 g/mol. The van der Waals surface area contributed by atoms with E-state index < -0.39 is 0 Å². The second-order valence-electron chi connectivity index (χ2n) is 7.20. The van der Waals surface area contributed by atoms with Crippen molar-refractivity contribution in [1.82, 2.24) is 15.1 Å². The fourth-order valence-corrected chi connectivity index (χ4v) is 3.99. The third-order valence-electron chi connectivity index (χ3n) is 5.12. The maximum absolute atomic E-state index is 12.2. The zero-order chi connectivity index (χ0) is 19.9. The Bertz CT molecular complexity index is 799. The van der Waals surface area contributed by atoms with Crippen LogP contribution in [0.3, 0.4) is 0 Å². The van der Waals surface area contributed by atoms with Crippen molar-refractivity contribution in [3.05, 3.63) is 51.7 Å². The summed E-state index contributed by atoms with van der Waals surface area (Å²) in [6.45, 7) is 8.94. The van der Waals surface area contributed by atoms with Gasteiger partial charge in [0.05, 0.1) is 13.1 Å². The molecule has 1 aromatic heterocycles. The van der Waals surface area contributed by atoms with Gasteiger partial charge in [0.25, 0.3) is 0 Å². The molecule has 2 aromatic rings. The molecule has 1 saturated heterocycles. The van der Waals surface area contributed by atoms with Crippen LogP contribution in [0.4, 0.5) is 5.69 Å². The molecule has 2 N–H and O–H groups in total. The molecule has 3 rings (SSSR count). The molecule has 1 fully saturated rings. The van der Waals surface area contributed by atoms with Crippen LogP contribution in [-0.4, -0.2) is 60.9 Å². The number of benzene rings is 1. The van der Waals surface area contributed by atoms with Gasteiger partial charge in [-0.1, -0.05) is 18.2 Å². The number of amides is 2. The van der Waals surface area contributed by atoms with Crippen molar-refractivity contribution < 1.29 is 9.59 Å². The van der Waals surface area contributed by atoms with Gasteiger partial charge in [-0.25, -0.2) is 0 Å². The topological polar surface area (TPSA) is 64.7 Å². The van der Waals surface area contributed by atoms with Crippen molar-refractivity contribution in [1.29, 1.82) is 0 Å². The number of nitrogens with zero attached hydrogens (tertiary/aromatic N) is 2. The summed E-state index contributed by atoms with van der Waals surface area (Å²) in [6.07, 6.45) is 0. The number of piperazine rings is 1. The van der Waals surface area contributed by atoms with Crippen LogP contribution in [0.15, 0.2) is 35.7 Å². The van der Waals surface area contributed by atoms with Crippen molar-refractivity contribution in [3.63, 3.8) is 0 Å². The zero-order valence-electron chi connectivity index (χ0n) is 16.5. The number of anilines is 1. The normalized spacial score (nSPS) is 15.4. The van der Waals surface area contributed by atoms with Gasteiger partial charge in [-0.3, -0.25) is 19.4 Å². The van der Waals surface area contributed by atoms with Crippen LogP contribution in [0.2, 0.25) is 0 Å². The Morgan fingerprint density at radius 2 is 1.75 bits per heavy atom. The third-order valence-corrected chi connectivity index (χ3v) is 5.98. The van der Waals surface area contributed by atoms with E-state index in [4.69, 9.17) is 0 Å². The first-order valence-corrected chi connectivity index (χ1v) is 10.5. The third kappa shape index (κ3) is 5.89. The van der Waals surface area contributed by atoms with Gasteiger partial charge in [0.1, 0.15) is 0 Å². The SMILES string of the molecule is Cc1cccc(NC(=O)CNC(=O)CN2CCN(Cc3cccs3)CC2)c1C. The molecular formula is C21H28N4O2S. The van der Waals surface area contributed by atoms with Crippen molar-refractivity contribution in [3.8, 4) is 0 Å². The Kier molecular flexibility index (Phi) is 7.19. The van der Waals surface area contributed by atoms with Gasteiger partial charge in [-0.2, -0.15) is 0 Å². The van der Waals surface area contributed by atoms with Gasteiger partial charge in [0, 0.05) is 43.3 Å². The highest BCUT2D eigenvalue weighted by Gasteiger charge is 2.19. The number of hydrogen-bond acceptors (Lipinski definition) is 5. The summed E-state index contributed by atoms with van der Waals surface area (Å²) >= 11 is 1.78. The molecule has 6 nitrogen and oxygen atoms in total. The molecule has 0 spiro atoms. The highest BCUT2D eigenvalue weighted by Crippen LogP contribution is 2.17. The van der Waals surface area contributed by atoms with Crippen LogP contribution in [0, 0.1) is 13.8 Å². The smallest absolute Gasteiger partial charge is 0.243 e. The van der Waals surface area contributed by atoms with Crippen molar-refractivity contribution in [2.45, 2.75) is 20.4 Å². The van der Waals surface area contributed by atoms with Crippen LogP contribution in [0.25, 0.3) is 0 Å². The van der Waals surface area contributed by atoms with E-state index in [2.05, 4.69) is 37.9 Å². The molecule has 0 atom stereocenters. The number of aryl methyl sites for hydroxylation is 1. The molecule has 7 heteroatoms. The summed E-state index contributed by atoms with van der Waals surface area (Å²) in [4.78, 5) is 30.2. The first-order chi connectivity index (χ1) is 13.5. The van der Waals surface area contributed by atoms with Gasteiger partial charge < -0.3 is 10.6 Å². The highest BCUT2D eigenvalue weighted by atomic mass is 32.1. The van der Waals surface area contributed by atoms with Crippen LogP contribution in [0.5, 0.6) is 0 Å². The Morgan fingerprint density at radius 3 is 2.46 bits per heavy atom. The quantitative estimate of drug-likeness (QED) is 0.748. The summed E-state index contributed by atoms with van der Waals surface area (Å²) in [6, 6.07) is 10.0. The fourth-order valence-electron chi connectivity index (χ4n) is 3.25. The molecule has 0 bridgehead atoms. The lowest BCUT2D eigenvalue weighted by Crippen LogP contribution is -2.49. The van der Waals surface area contributed by atoms with E-state index in [1.54, 1.807) is 11.3 Å². The summed E-state index contributed by atoms with van der Waals surface area (Å²) in [7, 11) is 0. The molecule has 0 unspecified atom stereocenters. The van der Waals surface area contributed by atoms with Crippen LogP contribution in [-0.2, 0) is 16.1 Å². The molecule has 1 aliphatic rings. The molecule has 2 amide bonds. The standard InChI is InChI=1S/C21H28N4O2S/c1-16-5-3-7-19(17(16)2)23-20(26)13-22-21(27)15-25-10-8-24(9-11-25)14-18-6-4-12-28-18/h3-7,12H,8-11,13-15H2,1-2H3,(H,22,27)(H,23,26). The maximum atomic E-state index is 12.2. The lowest BCUT2D eigenvalue weighted by Gasteiger charge is -2.34. The minimum absolute atomic E-state index is 0.00937. The van der Waals surface area contributed by atoms with Gasteiger partial charge in [0.15, 0.2) is 0 Å². The summed E-state index contributed by atoms with van der Waals surface area (Å²) in [5, 5.41) is 7.69. The summed E-state index contributed by atoms with van der Waals surface area (Å²) in [5.74, 6) is -0.314. The van der Waals surface area contributed by atoms with Crippen molar-refractivity contribution in [2.24, 2.45) is 0 Å². The largest absolute Gasteiger partial charge is 0.346 e. The van der Waals surface area contributed by atoms with Gasteiger partial charge in [0.2, 0.25) is 11.8 Å². The minimum Gasteiger partial charge on any atom is -0.346 e. The van der Waals surface area contributed by atoms with E-state index in [9.17, 15) is 9.59 Å². The Balaban J connectivity index is 1.35. The highest BCUT2D eigenvalue weighted by molar-refractivity contribution is 7.09. The van der Waals surface area contributed by atoms with E-state index in [1.807, 2.05) is 32.0 Å². The summed E-state index contributed by atoms with van der Waals surface area (Å²) < 4.78 is 0. The molecular weight excluding hydrogens is 372 g/mol. The Hall–Kier alpha value is -2.22. The molecule has 0 saturated carbocycles. The number of carbonyl (C=O) groups is 2. The Labute approximate surface area is 170 Å². The maximum Gasteiger partial charge on any atom is 0.243 e. The molecule has 1 aromatic carbocycles. The zero-order valence-corrected chi connectivity index (χ0v) is 17.3. The summed E-state index contributed by atoms with van der Waals surface area (Å²) in [5.41, 5.74) is 2.96. The minimum atomic E-state index is -0.206.